The number of benzene rings is 3. The van der Waals surface area contributed by atoms with Gasteiger partial charge in [-0.05, 0) is 36.2 Å². The Bertz CT molecular complexity index is 1050. The first-order valence-electron chi connectivity index (χ1n) is 9.48. The number of ether oxygens (including phenoxy) is 1. The van der Waals surface area contributed by atoms with Gasteiger partial charge in [-0.2, -0.15) is 0 Å². The minimum absolute atomic E-state index is 0.399. The molecular formula is C25H21NO2. The molecule has 1 aromatic heterocycles. The number of hydrogen-bond acceptors (Lipinski definition) is 3. The molecule has 1 unspecified atom stereocenters. The normalized spacial score (nSPS) is 17.5. The van der Waals surface area contributed by atoms with Crippen LogP contribution < -0.4 is 5.32 Å². The first-order chi connectivity index (χ1) is 13.8. The van der Waals surface area contributed by atoms with Crippen molar-refractivity contribution in [3.05, 3.63) is 125 Å². The molecule has 1 N–H and O–H groups in total. The lowest BCUT2D eigenvalue weighted by molar-refractivity contribution is -0.0522. The van der Waals surface area contributed by atoms with E-state index in [1.54, 1.807) is 0 Å². The minimum atomic E-state index is -0.740. The molecule has 0 saturated carbocycles. The summed E-state index contributed by atoms with van der Waals surface area (Å²) < 4.78 is 12.8. The van der Waals surface area contributed by atoms with Gasteiger partial charge in [-0.3, -0.25) is 0 Å². The second kappa shape index (κ2) is 6.70. The van der Waals surface area contributed by atoms with Crippen LogP contribution in [0.3, 0.4) is 0 Å². The largest absolute Gasteiger partial charge is 0.462 e. The van der Waals surface area contributed by atoms with E-state index in [9.17, 15) is 0 Å². The number of fused-ring (bicyclic) bond motifs is 1. The Morgan fingerprint density at radius 1 is 0.714 bits per heavy atom. The van der Waals surface area contributed by atoms with E-state index in [4.69, 9.17) is 9.15 Å². The summed E-state index contributed by atoms with van der Waals surface area (Å²) in [6.45, 7) is 1.95. The zero-order valence-corrected chi connectivity index (χ0v) is 15.6. The highest BCUT2D eigenvalue weighted by Crippen LogP contribution is 2.50. The maximum Gasteiger partial charge on any atom is 0.188 e. The Kier molecular flexibility index (Phi) is 4.03. The average Bonchev–Trinajstić information content (AvgIpc) is 3.20. The Morgan fingerprint density at radius 3 is 1.93 bits per heavy atom. The van der Waals surface area contributed by atoms with Crippen molar-refractivity contribution in [1.82, 2.24) is 0 Å². The second-order valence-electron chi connectivity index (χ2n) is 7.05. The van der Waals surface area contributed by atoms with Crippen LogP contribution in [0.2, 0.25) is 0 Å². The van der Waals surface area contributed by atoms with E-state index in [-0.39, 0.29) is 0 Å². The van der Waals surface area contributed by atoms with Gasteiger partial charge in [0.15, 0.2) is 12.0 Å². The van der Waals surface area contributed by atoms with E-state index in [0.717, 1.165) is 33.9 Å². The van der Waals surface area contributed by atoms with E-state index in [0.29, 0.717) is 0 Å². The fourth-order valence-corrected chi connectivity index (χ4v) is 4.01. The maximum absolute atomic E-state index is 6.87. The van der Waals surface area contributed by atoms with E-state index in [2.05, 4.69) is 72.0 Å². The van der Waals surface area contributed by atoms with Crippen molar-refractivity contribution in [2.45, 2.75) is 18.8 Å². The lowest BCUT2D eigenvalue weighted by Gasteiger charge is -2.43. The van der Waals surface area contributed by atoms with Crippen LogP contribution in [-0.4, -0.2) is 0 Å². The molecule has 5 rings (SSSR count). The zero-order valence-electron chi connectivity index (χ0n) is 15.6. The first-order valence-corrected chi connectivity index (χ1v) is 9.48. The fourth-order valence-electron chi connectivity index (χ4n) is 4.01. The highest BCUT2D eigenvalue weighted by atomic mass is 16.5. The van der Waals surface area contributed by atoms with Crippen LogP contribution in [-0.2, 0) is 10.3 Å². The van der Waals surface area contributed by atoms with Crippen LogP contribution in [0, 0.1) is 6.92 Å². The zero-order chi connectivity index (χ0) is 19.0. The smallest absolute Gasteiger partial charge is 0.188 e. The lowest BCUT2D eigenvalue weighted by atomic mass is 9.78. The quantitative estimate of drug-likeness (QED) is 0.481. The molecule has 3 aromatic carbocycles. The third-order valence-electron chi connectivity index (χ3n) is 5.27. The maximum atomic E-state index is 6.87. The lowest BCUT2D eigenvalue weighted by Crippen LogP contribution is -2.40. The summed E-state index contributed by atoms with van der Waals surface area (Å²) in [6.07, 6.45) is -0.399. The second-order valence-corrected chi connectivity index (χ2v) is 7.05. The molecule has 2 heterocycles. The van der Waals surface area contributed by atoms with Gasteiger partial charge >= 0.3 is 0 Å². The number of rotatable bonds is 3. The summed E-state index contributed by atoms with van der Waals surface area (Å²) in [5, 5.41) is 3.50. The predicted molar refractivity (Wildman–Crippen MR) is 110 cm³/mol. The van der Waals surface area contributed by atoms with Crippen LogP contribution in [0.5, 0.6) is 0 Å². The van der Waals surface area contributed by atoms with Crippen molar-refractivity contribution < 1.29 is 9.15 Å². The monoisotopic (exact) mass is 367 g/mol. The first kappa shape index (κ1) is 16.8. The summed E-state index contributed by atoms with van der Waals surface area (Å²) in [7, 11) is 0. The van der Waals surface area contributed by atoms with E-state index >= 15 is 0 Å². The van der Waals surface area contributed by atoms with Gasteiger partial charge in [0.05, 0.1) is 0 Å². The van der Waals surface area contributed by atoms with Crippen molar-refractivity contribution >= 4 is 5.69 Å². The van der Waals surface area contributed by atoms with E-state index < -0.39 is 11.8 Å². The molecule has 0 fully saturated rings. The fraction of sp³-hybridized carbons (Fsp3) is 0.120. The third kappa shape index (κ3) is 2.63. The van der Waals surface area contributed by atoms with Gasteiger partial charge < -0.3 is 14.5 Å². The molecule has 0 bridgehead atoms. The molecule has 138 valence electrons. The molecule has 1 atom stereocenters. The van der Waals surface area contributed by atoms with Crippen molar-refractivity contribution in [3.63, 3.8) is 0 Å². The van der Waals surface area contributed by atoms with Gasteiger partial charge in [-0.25, -0.2) is 0 Å². The molecule has 0 aliphatic carbocycles. The number of hydrogen-bond donors (Lipinski definition) is 1. The number of para-hydroxylation sites is 1. The molecule has 0 saturated heterocycles. The summed E-state index contributed by atoms with van der Waals surface area (Å²) in [6, 6.07) is 33.1. The van der Waals surface area contributed by atoms with E-state index in [1.165, 1.54) is 0 Å². The number of aryl methyl sites for hydroxylation is 1. The number of nitrogens with one attached hydrogen (secondary N) is 1. The topological polar surface area (TPSA) is 34.4 Å². The number of anilines is 1. The Labute approximate surface area is 164 Å². The molecule has 28 heavy (non-hydrogen) atoms. The molecule has 0 spiro atoms. The standard InChI is InChI=1S/C25H21NO2/c1-18-16-17-23(27-18)24-26-22-15-9-8-14-21(22)25(28-24,19-10-4-2-5-11-19)20-12-6-3-7-13-20/h2-17,24,26H,1H3. The van der Waals surface area contributed by atoms with E-state index in [1.807, 2.05) is 37.3 Å². The van der Waals surface area contributed by atoms with Crippen molar-refractivity contribution in [1.29, 1.82) is 0 Å². The molecule has 3 heteroatoms. The Balaban J connectivity index is 1.78. The SMILES string of the molecule is Cc1ccc(C2Nc3ccccc3C(c3ccccc3)(c3ccccc3)O2)o1. The Hall–Kier alpha value is -3.30. The van der Waals surface area contributed by atoms with Crippen LogP contribution in [0.25, 0.3) is 0 Å². The molecule has 0 amide bonds. The van der Waals surface area contributed by atoms with Gasteiger partial charge in [-0.1, -0.05) is 78.9 Å². The molecular weight excluding hydrogens is 346 g/mol. The molecule has 1 aliphatic heterocycles. The average molecular weight is 367 g/mol. The van der Waals surface area contributed by atoms with Crippen LogP contribution in [0.15, 0.2) is 101 Å². The molecule has 3 nitrogen and oxygen atoms in total. The van der Waals surface area contributed by atoms with Crippen LogP contribution in [0.4, 0.5) is 5.69 Å². The van der Waals surface area contributed by atoms with Crippen molar-refractivity contribution in [2.24, 2.45) is 0 Å². The van der Waals surface area contributed by atoms with Crippen LogP contribution in [0.1, 0.15) is 34.4 Å². The summed E-state index contributed by atoms with van der Waals surface area (Å²) >= 11 is 0. The molecule has 1 aliphatic rings. The van der Waals surface area contributed by atoms with Gasteiger partial charge in [0.25, 0.3) is 0 Å². The summed E-state index contributed by atoms with van der Waals surface area (Å²) in [4.78, 5) is 0. The molecule has 4 aromatic rings. The highest BCUT2D eigenvalue weighted by Gasteiger charge is 2.45. The van der Waals surface area contributed by atoms with Crippen molar-refractivity contribution in [3.8, 4) is 0 Å². The highest BCUT2D eigenvalue weighted by molar-refractivity contribution is 5.63. The third-order valence-corrected chi connectivity index (χ3v) is 5.27. The van der Waals surface area contributed by atoms with Crippen molar-refractivity contribution in [2.75, 3.05) is 5.32 Å². The minimum Gasteiger partial charge on any atom is -0.462 e. The molecule has 0 radical (unpaired) electrons. The predicted octanol–water partition coefficient (Wildman–Crippen LogP) is 6.02. The van der Waals surface area contributed by atoms with Gasteiger partial charge in [0.1, 0.15) is 11.4 Å². The number of furan rings is 1. The summed E-state index contributed by atoms with van der Waals surface area (Å²) in [5.74, 6) is 1.63. The van der Waals surface area contributed by atoms with Gasteiger partial charge in [0.2, 0.25) is 0 Å². The Morgan fingerprint density at radius 2 is 1.32 bits per heavy atom. The van der Waals surface area contributed by atoms with Gasteiger partial charge in [-0.15, -0.1) is 0 Å². The summed E-state index contributed by atoms with van der Waals surface area (Å²) in [5.41, 5.74) is 3.56. The van der Waals surface area contributed by atoms with Gasteiger partial charge in [0, 0.05) is 11.3 Å². The van der Waals surface area contributed by atoms with Crippen LogP contribution >= 0.6 is 0 Å².